The summed E-state index contributed by atoms with van der Waals surface area (Å²) in [6.07, 6.45) is 5.53. The van der Waals surface area contributed by atoms with Gasteiger partial charge in [0.15, 0.2) is 18.1 Å². The minimum Gasteiger partial charge on any atom is -0.506 e. The van der Waals surface area contributed by atoms with Crippen molar-refractivity contribution in [1.82, 2.24) is 16.9 Å². The number of aromatic amines is 1. The van der Waals surface area contributed by atoms with Crippen LogP contribution in [-0.2, 0) is 49.2 Å². The second kappa shape index (κ2) is 27.9. The zero-order chi connectivity index (χ0) is 63.8. The van der Waals surface area contributed by atoms with E-state index in [1.165, 1.54) is 97.3 Å². The van der Waals surface area contributed by atoms with Crippen LogP contribution < -0.4 is 28.4 Å². The van der Waals surface area contributed by atoms with E-state index in [1.54, 1.807) is 97.2 Å². The highest BCUT2D eigenvalue weighted by atomic mass is 79.9. The molecule has 11 rings (SSSR count). The molecule has 88 heavy (non-hydrogen) atoms. The number of hydrogen-bond acceptors (Lipinski definition) is 17. The van der Waals surface area contributed by atoms with Gasteiger partial charge in [-0.3, -0.25) is 9.59 Å². The molecule has 7 aromatic carbocycles. The van der Waals surface area contributed by atoms with Crippen LogP contribution in [-0.4, -0.2) is 100 Å². The number of carbonyl (C=O) groups excluding carboxylic acids is 3. The fourth-order valence-electron chi connectivity index (χ4n) is 8.48. The molecule has 0 unspecified atom stereocenters. The van der Waals surface area contributed by atoms with Crippen molar-refractivity contribution in [3.63, 3.8) is 0 Å². The Kier molecular flexibility index (Phi) is 20.9. The van der Waals surface area contributed by atoms with Gasteiger partial charge in [-0.1, -0.05) is 63.7 Å². The molecule has 0 saturated carbocycles. The predicted molar refractivity (Wildman–Crippen MR) is 343 cm³/mol. The summed E-state index contributed by atoms with van der Waals surface area (Å²) in [5.74, 6) is 1.19. The van der Waals surface area contributed by atoms with Crippen molar-refractivity contribution in [3.8, 4) is 40.2 Å². The maximum atomic E-state index is 13.1. The standard InChI is InChI=1S/C18H16BrNO6S.C17H14BrNO5S.C15H12BrNO4S.C10H8BrNO2/c1-24-13-4-6-14(7-5-13)27(22,23)20-10-17(26-11-18(21)25-2)15-9-12(19)3-8-16(15)20;1-11(20)24-17-10-19(16-8-3-12(18)9-15(16)17)25(21,22)14-6-4-13(23-2)5-7-14;1-21-11-3-5-12(6-4-11)22(19,20)17-9-15(18)13-8-10(16)2-7-14(13)17;1-6(13)14-10-5-12-9-3-2-7(11)4-8(9)10/h3-10H,11H2,1-2H3;3-10H,1-2H3;2-9,18H,1H3;2-5,12H,1H3. The van der Waals surface area contributed by atoms with Crippen molar-refractivity contribution in [2.24, 2.45) is 0 Å². The van der Waals surface area contributed by atoms with Crippen molar-refractivity contribution in [2.45, 2.75) is 28.5 Å². The summed E-state index contributed by atoms with van der Waals surface area (Å²) in [6, 6.07) is 39.2. The van der Waals surface area contributed by atoms with E-state index in [2.05, 4.69) is 73.4 Å². The third-order valence-electron chi connectivity index (χ3n) is 12.6. The molecule has 11 aromatic rings. The number of hydrogen-bond donors (Lipinski definition) is 2. The third kappa shape index (κ3) is 14.9. The van der Waals surface area contributed by atoms with Crippen LogP contribution >= 0.6 is 63.7 Å². The topological polar surface area (TPSA) is 269 Å². The smallest absolute Gasteiger partial charge is 0.343 e. The second-order valence-electron chi connectivity index (χ2n) is 18.3. The van der Waals surface area contributed by atoms with E-state index in [9.17, 15) is 44.7 Å². The molecule has 0 bridgehead atoms. The maximum Gasteiger partial charge on any atom is 0.343 e. The lowest BCUT2D eigenvalue weighted by atomic mass is 10.2. The quantitative estimate of drug-likeness (QED) is 0.0958. The van der Waals surface area contributed by atoms with Crippen LogP contribution in [0.4, 0.5) is 0 Å². The van der Waals surface area contributed by atoms with Gasteiger partial charge >= 0.3 is 17.9 Å². The Labute approximate surface area is 537 Å². The summed E-state index contributed by atoms with van der Waals surface area (Å²) in [5.41, 5.74) is 2.20. The van der Waals surface area contributed by atoms with Crippen molar-refractivity contribution in [1.29, 1.82) is 0 Å². The fraction of sp³-hybridized carbons (Fsp3) is 0.117. The van der Waals surface area contributed by atoms with Crippen LogP contribution in [0.3, 0.4) is 0 Å². The second-order valence-corrected chi connectivity index (χ2v) is 27.4. The van der Waals surface area contributed by atoms with Crippen LogP contribution in [0.5, 0.6) is 40.2 Å². The summed E-state index contributed by atoms with van der Waals surface area (Å²) in [5, 5.41) is 12.4. The lowest BCUT2D eigenvalue weighted by Gasteiger charge is -2.08. The first-order valence-corrected chi connectivity index (χ1v) is 32.9. The highest BCUT2D eigenvalue weighted by Crippen LogP contribution is 2.37. The Hall–Kier alpha value is -8.12. The number of halogens is 4. The Bertz CT molecular complexity index is 4760. The number of nitrogens with zero attached hydrogens (tertiary/aromatic N) is 3. The van der Waals surface area contributed by atoms with Gasteiger partial charge in [0.2, 0.25) is 0 Å². The Morgan fingerprint density at radius 2 is 0.807 bits per heavy atom. The van der Waals surface area contributed by atoms with Gasteiger partial charge < -0.3 is 43.2 Å². The van der Waals surface area contributed by atoms with Gasteiger partial charge in [0.25, 0.3) is 30.1 Å². The molecular formula is C60H50Br4N4O17S3. The minimum atomic E-state index is -3.88. The number of H-pyrrole nitrogens is 1. The number of benzene rings is 7. The molecule has 0 aliphatic heterocycles. The number of rotatable bonds is 14. The van der Waals surface area contributed by atoms with Gasteiger partial charge in [-0.05, 0) is 146 Å². The minimum absolute atomic E-state index is 0.0895. The van der Waals surface area contributed by atoms with Gasteiger partial charge in [0, 0.05) is 65.0 Å². The average Bonchev–Trinajstić information content (AvgIpc) is 2.88. The van der Waals surface area contributed by atoms with Gasteiger partial charge in [0.1, 0.15) is 28.7 Å². The van der Waals surface area contributed by atoms with E-state index in [0.29, 0.717) is 55.7 Å². The molecule has 0 aliphatic carbocycles. The largest absolute Gasteiger partial charge is 0.506 e. The van der Waals surface area contributed by atoms with Crippen LogP contribution in [0.25, 0.3) is 43.6 Å². The number of esters is 3. The van der Waals surface area contributed by atoms with Crippen LogP contribution in [0.1, 0.15) is 13.8 Å². The molecule has 4 heterocycles. The summed E-state index contributed by atoms with van der Waals surface area (Å²) in [6.45, 7) is 2.32. The van der Waals surface area contributed by atoms with E-state index in [0.717, 1.165) is 40.7 Å². The molecule has 0 saturated heterocycles. The van der Waals surface area contributed by atoms with Gasteiger partial charge in [-0.15, -0.1) is 0 Å². The van der Waals surface area contributed by atoms with E-state index >= 15 is 0 Å². The summed E-state index contributed by atoms with van der Waals surface area (Å²) in [4.78, 5) is 36.8. The van der Waals surface area contributed by atoms with Crippen molar-refractivity contribution >= 4 is 155 Å². The average molecular weight is 1510 g/mol. The molecule has 0 aliphatic rings. The number of aromatic hydroxyl groups is 1. The molecule has 0 spiro atoms. The molecule has 4 aromatic heterocycles. The SMILES string of the molecule is CC(=O)Oc1c[nH]c2ccc(Br)cc12.COC(=O)COc1cn(S(=O)(=O)c2ccc(OC)cc2)c2ccc(Br)cc12.COc1ccc(S(=O)(=O)n2cc(O)c3cc(Br)ccc32)cc1.COc1ccc(S(=O)(=O)n2cc(OC(C)=O)c3cc(Br)ccc32)cc1. The number of aromatic nitrogens is 4. The number of nitrogens with one attached hydrogen (secondary N) is 1. The zero-order valence-corrected chi connectivity index (χ0v) is 55.7. The highest BCUT2D eigenvalue weighted by Gasteiger charge is 2.26. The summed E-state index contributed by atoms with van der Waals surface area (Å²) in [7, 11) is -5.76. The Morgan fingerprint density at radius 1 is 0.455 bits per heavy atom. The molecule has 28 heteroatoms. The molecule has 0 fully saturated rings. The predicted octanol–water partition coefficient (Wildman–Crippen LogP) is 13.0. The van der Waals surface area contributed by atoms with Gasteiger partial charge in [-0.25, -0.2) is 42.0 Å². The fourth-order valence-corrected chi connectivity index (χ4v) is 14.0. The summed E-state index contributed by atoms with van der Waals surface area (Å²) < 4.78 is 120. The maximum absolute atomic E-state index is 13.1. The molecule has 0 amide bonds. The lowest BCUT2D eigenvalue weighted by Crippen LogP contribution is -2.13. The van der Waals surface area contributed by atoms with E-state index < -0.39 is 42.0 Å². The van der Waals surface area contributed by atoms with Crippen molar-refractivity contribution < 1.29 is 77.9 Å². The van der Waals surface area contributed by atoms with E-state index in [1.807, 2.05) is 18.2 Å². The first-order valence-electron chi connectivity index (χ1n) is 25.4. The van der Waals surface area contributed by atoms with Crippen LogP contribution in [0.2, 0.25) is 0 Å². The molecule has 2 N–H and O–H groups in total. The normalized spacial score (nSPS) is 11.3. The Balaban J connectivity index is 0.000000155. The lowest BCUT2D eigenvalue weighted by molar-refractivity contribution is -0.143. The van der Waals surface area contributed by atoms with E-state index in [4.69, 9.17) is 28.4 Å². The molecule has 0 radical (unpaired) electrons. The van der Waals surface area contributed by atoms with Crippen molar-refractivity contribution in [2.75, 3.05) is 35.0 Å². The summed E-state index contributed by atoms with van der Waals surface area (Å²) >= 11 is 13.4. The van der Waals surface area contributed by atoms with Gasteiger partial charge in [0.05, 0.1) is 78.3 Å². The van der Waals surface area contributed by atoms with Crippen LogP contribution in [0, 0.1) is 0 Å². The zero-order valence-electron chi connectivity index (χ0n) is 46.9. The van der Waals surface area contributed by atoms with Crippen molar-refractivity contribution in [3.05, 3.63) is 188 Å². The Morgan fingerprint density at radius 3 is 1.22 bits per heavy atom. The third-order valence-corrected chi connectivity index (χ3v) is 19.7. The highest BCUT2D eigenvalue weighted by molar-refractivity contribution is 9.11. The number of fused-ring (bicyclic) bond motifs is 4. The van der Waals surface area contributed by atoms with E-state index in [-0.39, 0.29) is 44.5 Å². The number of methoxy groups -OCH3 is 4. The first kappa shape index (κ1) is 65.8. The van der Waals surface area contributed by atoms with Gasteiger partial charge in [-0.2, -0.15) is 0 Å². The first-order chi connectivity index (χ1) is 41.8. The monoisotopic (exact) mass is 1510 g/mol. The van der Waals surface area contributed by atoms with Crippen LogP contribution in [0.15, 0.2) is 203 Å². The number of ether oxygens (including phenoxy) is 7. The molecule has 458 valence electrons. The molecule has 21 nitrogen and oxygen atoms in total. The molecular weight excluding hydrogens is 1460 g/mol. The number of carbonyl (C=O) groups is 3. The molecule has 0 atom stereocenters.